The molecular weight excluding hydrogens is 236 g/mol. The molecule has 3 unspecified atom stereocenters. The van der Waals surface area contributed by atoms with Crippen LogP contribution in [0.15, 0.2) is 0 Å². The second kappa shape index (κ2) is 8.23. The second-order valence-electron chi connectivity index (χ2n) is 6.38. The molecule has 19 heavy (non-hydrogen) atoms. The summed E-state index contributed by atoms with van der Waals surface area (Å²) in [6.45, 7) is 6.77. The Morgan fingerprint density at radius 1 is 1.21 bits per heavy atom. The van der Waals surface area contributed by atoms with Crippen molar-refractivity contribution in [2.75, 3.05) is 33.4 Å². The SMILES string of the molecule is CCC1CCCC(N(CCOC)CC2CCCN2)C1. The molecule has 1 aliphatic carbocycles. The summed E-state index contributed by atoms with van der Waals surface area (Å²) in [6, 6.07) is 1.52. The topological polar surface area (TPSA) is 24.5 Å². The summed E-state index contributed by atoms with van der Waals surface area (Å²) < 4.78 is 5.32. The maximum atomic E-state index is 5.32. The lowest BCUT2D eigenvalue weighted by Crippen LogP contribution is -2.46. The number of rotatable bonds is 7. The highest BCUT2D eigenvalue weighted by molar-refractivity contribution is 4.85. The van der Waals surface area contributed by atoms with Crippen molar-refractivity contribution in [2.24, 2.45) is 5.92 Å². The van der Waals surface area contributed by atoms with Crippen LogP contribution in [-0.2, 0) is 4.74 Å². The van der Waals surface area contributed by atoms with Crippen molar-refractivity contribution in [1.29, 1.82) is 0 Å². The first kappa shape index (κ1) is 15.3. The first-order valence-corrected chi connectivity index (χ1v) is 8.29. The van der Waals surface area contributed by atoms with Crippen molar-refractivity contribution in [2.45, 2.75) is 64.0 Å². The fraction of sp³-hybridized carbons (Fsp3) is 1.00. The lowest BCUT2D eigenvalue weighted by molar-refractivity contribution is 0.0818. The van der Waals surface area contributed by atoms with Crippen molar-refractivity contribution in [3.8, 4) is 0 Å². The molecule has 0 spiro atoms. The molecule has 1 saturated heterocycles. The molecule has 0 aromatic rings. The molecule has 3 nitrogen and oxygen atoms in total. The molecule has 0 radical (unpaired) electrons. The number of hydrogen-bond acceptors (Lipinski definition) is 3. The summed E-state index contributed by atoms with van der Waals surface area (Å²) in [5, 5.41) is 3.65. The Morgan fingerprint density at radius 3 is 2.79 bits per heavy atom. The number of methoxy groups -OCH3 is 1. The van der Waals surface area contributed by atoms with Gasteiger partial charge in [-0.2, -0.15) is 0 Å². The van der Waals surface area contributed by atoms with Crippen molar-refractivity contribution in [3.63, 3.8) is 0 Å². The monoisotopic (exact) mass is 268 g/mol. The van der Waals surface area contributed by atoms with Gasteiger partial charge < -0.3 is 10.1 Å². The smallest absolute Gasteiger partial charge is 0.0589 e. The van der Waals surface area contributed by atoms with Crippen molar-refractivity contribution >= 4 is 0 Å². The minimum Gasteiger partial charge on any atom is -0.383 e. The molecule has 1 N–H and O–H groups in total. The highest BCUT2D eigenvalue weighted by Gasteiger charge is 2.28. The van der Waals surface area contributed by atoms with Gasteiger partial charge in [-0.05, 0) is 38.1 Å². The van der Waals surface area contributed by atoms with Crippen LogP contribution in [0.5, 0.6) is 0 Å². The molecule has 3 heteroatoms. The van der Waals surface area contributed by atoms with Crippen molar-refractivity contribution in [3.05, 3.63) is 0 Å². The minimum atomic E-state index is 0.721. The van der Waals surface area contributed by atoms with Crippen LogP contribution >= 0.6 is 0 Å². The van der Waals surface area contributed by atoms with Crippen LogP contribution in [0.1, 0.15) is 51.9 Å². The third-order valence-electron chi connectivity index (χ3n) is 5.05. The number of nitrogens with one attached hydrogen (secondary N) is 1. The zero-order valence-electron chi connectivity index (χ0n) is 12.9. The molecule has 3 atom stereocenters. The Bertz CT molecular complexity index is 241. The molecule has 2 fully saturated rings. The van der Waals surface area contributed by atoms with Gasteiger partial charge in [0.25, 0.3) is 0 Å². The Hall–Kier alpha value is -0.120. The molecule has 0 aromatic carbocycles. The minimum absolute atomic E-state index is 0.721. The summed E-state index contributed by atoms with van der Waals surface area (Å²) in [7, 11) is 1.82. The zero-order valence-corrected chi connectivity index (χ0v) is 12.9. The third-order valence-corrected chi connectivity index (χ3v) is 5.05. The average molecular weight is 268 g/mol. The van der Waals surface area contributed by atoms with E-state index >= 15 is 0 Å². The van der Waals surface area contributed by atoms with Crippen LogP contribution in [-0.4, -0.2) is 50.3 Å². The van der Waals surface area contributed by atoms with Crippen molar-refractivity contribution in [1.82, 2.24) is 10.2 Å². The van der Waals surface area contributed by atoms with Crippen LogP contribution < -0.4 is 5.32 Å². The first-order chi connectivity index (χ1) is 9.33. The van der Waals surface area contributed by atoms with Crippen LogP contribution in [0, 0.1) is 5.92 Å². The molecule has 0 amide bonds. The molecule has 1 saturated carbocycles. The van der Waals surface area contributed by atoms with E-state index in [4.69, 9.17) is 4.74 Å². The van der Waals surface area contributed by atoms with Gasteiger partial charge in [-0.3, -0.25) is 4.90 Å². The highest BCUT2D eigenvalue weighted by Crippen LogP contribution is 2.30. The van der Waals surface area contributed by atoms with E-state index in [1.54, 1.807) is 0 Å². The molecule has 2 aliphatic rings. The van der Waals surface area contributed by atoms with Crippen LogP contribution in [0.2, 0.25) is 0 Å². The Labute approximate surface area is 119 Å². The van der Waals surface area contributed by atoms with Crippen LogP contribution in [0.3, 0.4) is 0 Å². The Balaban J connectivity index is 1.87. The molecule has 2 rings (SSSR count). The Morgan fingerprint density at radius 2 is 2.11 bits per heavy atom. The zero-order chi connectivity index (χ0) is 13.5. The van der Waals surface area contributed by atoms with E-state index in [0.29, 0.717) is 0 Å². The quantitative estimate of drug-likeness (QED) is 0.768. The molecule has 0 aromatic heterocycles. The molecule has 1 aliphatic heterocycles. The standard InChI is InChI=1S/C16H32N2O/c1-3-14-6-4-8-16(12-14)18(10-11-19-2)13-15-7-5-9-17-15/h14-17H,3-13H2,1-2H3. The fourth-order valence-electron chi connectivity index (χ4n) is 3.79. The molecule has 1 heterocycles. The Kier molecular flexibility index (Phi) is 6.62. The maximum Gasteiger partial charge on any atom is 0.0589 e. The van der Waals surface area contributed by atoms with E-state index in [0.717, 1.165) is 31.2 Å². The van der Waals surface area contributed by atoms with Gasteiger partial charge in [-0.25, -0.2) is 0 Å². The predicted octanol–water partition coefficient (Wildman–Crippen LogP) is 2.66. The molecule has 112 valence electrons. The third kappa shape index (κ3) is 4.73. The molecular formula is C16H32N2O. The van der Waals surface area contributed by atoms with E-state index in [2.05, 4.69) is 17.1 Å². The number of ether oxygens (including phenoxy) is 1. The summed E-state index contributed by atoms with van der Waals surface area (Å²) in [6.07, 6.45) is 9.74. The summed E-state index contributed by atoms with van der Waals surface area (Å²) >= 11 is 0. The van der Waals surface area contributed by atoms with Crippen LogP contribution in [0.4, 0.5) is 0 Å². The van der Waals surface area contributed by atoms with E-state index in [1.165, 1.54) is 58.0 Å². The van der Waals surface area contributed by atoms with Gasteiger partial charge in [0.05, 0.1) is 6.61 Å². The van der Waals surface area contributed by atoms with E-state index < -0.39 is 0 Å². The van der Waals surface area contributed by atoms with Gasteiger partial charge in [0.1, 0.15) is 0 Å². The van der Waals surface area contributed by atoms with E-state index in [-0.39, 0.29) is 0 Å². The van der Waals surface area contributed by atoms with Gasteiger partial charge in [0, 0.05) is 32.3 Å². The summed E-state index contributed by atoms with van der Waals surface area (Å²) in [5.41, 5.74) is 0. The van der Waals surface area contributed by atoms with Gasteiger partial charge in [-0.1, -0.05) is 26.2 Å². The second-order valence-corrected chi connectivity index (χ2v) is 6.38. The lowest BCUT2D eigenvalue weighted by atomic mass is 9.83. The first-order valence-electron chi connectivity index (χ1n) is 8.29. The van der Waals surface area contributed by atoms with E-state index in [9.17, 15) is 0 Å². The van der Waals surface area contributed by atoms with Gasteiger partial charge in [-0.15, -0.1) is 0 Å². The van der Waals surface area contributed by atoms with Gasteiger partial charge in [0.2, 0.25) is 0 Å². The van der Waals surface area contributed by atoms with E-state index in [1.807, 2.05) is 7.11 Å². The average Bonchev–Trinajstić information content (AvgIpc) is 2.96. The summed E-state index contributed by atoms with van der Waals surface area (Å²) in [4.78, 5) is 2.72. The fourth-order valence-corrected chi connectivity index (χ4v) is 3.79. The molecule has 0 bridgehead atoms. The number of hydrogen-bond donors (Lipinski definition) is 1. The lowest BCUT2D eigenvalue weighted by Gasteiger charge is -2.38. The van der Waals surface area contributed by atoms with Gasteiger partial charge in [0.15, 0.2) is 0 Å². The number of nitrogens with zero attached hydrogens (tertiary/aromatic N) is 1. The summed E-state index contributed by atoms with van der Waals surface area (Å²) in [5.74, 6) is 0.959. The largest absolute Gasteiger partial charge is 0.383 e. The van der Waals surface area contributed by atoms with Crippen molar-refractivity contribution < 1.29 is 4.74 Å². The normalized spacial score (nSPS) is 32.1. The van der Waals surface area contributed by atoms with Crippen LogP contribution in [0.25, 0.3) is 0 Å². The maximum absolute atomic E-state index is 5.32. The van der Waals surface area contributed by atoms with Gasteiger partial charge >= 0.3 is 0 Å². The predicted molar refractivity (Wildman–Crippen MR) is 80.5 cm³/mol. The highest BCUT2D eigenvalue weighted by atomic mass is 16.5.